The van der Waals surface area contributed by atoms with Crippen molar-refractivity contribution in [2.24, 2.45) is 0 Å². The molecule has 0 unspecified atom stereocenters. The Bertz CT molecular complexity index is 372. The molecule has 1 aromatic carbocycles. The molecule has 0 saturated carbocycles. The third kappa shape index (κ3) is 2.12. The predicted octanol–water partition coefficient (Wildman–Crippen LogP) is 2.89. The van der Waals surface area contributed by atoms with Gasteiger partial charge in [0.15, 0.2) is 5.79 Å². The van der Waals surface area contributed by atoms with Crippen molar-refractivity contribution in [3.8, 4) is 0 Å². The zero-order valence-corrected chi connectivity index (χ0v) is 10.9. The van der Waals surface area contributed by atoms with Crippen LogP contribution in [0.3, 0.4) is 0 Å². The van der Waals surface area contributed by atoms with Crippen LogP contribution in [0.1, 0.15) is 17.5 Å². The van der Waals surface area contributed by atoms with Crippen molar-refractivity contribution in [1.82, 2.24) is 0 Å². The zero-order chi connectivity index (χ0) is 11.6. The van der Waals surface area contributed by atoms with E-state index in [2.05, 4.69) is 24.5 Å². The van der Waals surface area contributed by atoms with Crippen LogP contribution in [0.2, 0.25) is 0 Å². The summed E-state index contributed by atoms with van der Waals surface area (Å²) in [7, 11) is 3.45. The van der Waals surface area contributed by atoms with Gasteiger partial charge >= 0.3 is 0 Å². The Balaban J connectivity index is 2.28. The number of benzene rings is 1. The average Bonchev–Trinajstić information content (AvgIpc) is 2.37. The monoisotopic (exact) mass is 238 g/mol. The Morgan fingerprint density at radius 1 is 1.19 bits per heavy atom. The second-order valence-corrected chi connectivity index (χ2v) is 5.01. The predicted molar refractivity (Wildman–Crippen MR) is 67.0 cm³/mol. The minimum Gasteiger partial charge on any atom is -0.353 e. The molecule has 0 bridgehead atoms. The molecular formula is C13H18O2S. The Morgan fingerprint density at radius 3 is 2.56 bits per heavy atom. The van der Waals surface area contributed by atoms with Gasteiger partial charge in [0.2, 0.25) is 0 Å². The molecular weight excluding hydrogens is 220 g/mol. The SMILES string of the molecule is COC1(OC)CCc2cc(SC)ccc2C1. The summed E-state index contributed by atoms with van der Waals surface area (Å²) in [5, 5.41) is 0. The molecule has 0 amide bonds. The molecule has 0 spiro atoms. The van der Waals surface area contributed by atoms with E-state index in [4.69, 9.17) is 9.47 Å². The van der Waals surface area contributed by atoms with E-state index in [0.29, 0.717) is 0 Å². The Hall–Kier alpha value is -0.510. The van der Waals surface area contributed by atoms with Crippen LogP contribution in [-0.4, -0.2) is 26.3 Å². The fourth-order valence-electron chi connectivity index (χ4n) is 2.27. The maximum absolute atomic E-state index is 5.51. The van der Waals surface area contributed by atoms with Crippen molar-refractivity contribution in [3.05, 3.63) is 29.3 Å². The van der Waals surface area contributed by atoms with E-state index in [1.165, 1.54) is 16.0 Å². The lowest BCUT2D eigenvalue weighted by molar-refractivity contribution is -0.212. The van der Waals surface area contributed by atoms with Gasteiger partial charge in [0.05, 0.1) is 0 Å². The summed E-state index contributed by atoms with van der Waals surface area (Å²) in [5.41, 5.74) is 2.80. The summed E-state index contributed by atoms with van der Waals surface area (Å²) < 4.78 is 11.0. The number of methoxy groups -OCH3 is 2. The highest BCUT2D eigenvalue weighted by Gasteiger charge is 2.34. The van der Waals surface area contributed by atoms with Gasteiger partial charge in [-0.2, -0.15) is 0 Å². The van der Waals surface area contributed by atoms with Crippen LogP contribution < -0.4 is 0 Å². The lowest BCUT2D eigenvalue weighted by Gasteiger charge is -2.35. The fraction of sp³-hybridized carbons (Fsp3) is 0.538. The number of thioether (sulfide) groups is 1. The van der Waals surface area contributed by atoms with E-state index in [-0.39, 0.29) is 0 Å². The van der Waals surface area contributed by atoms with Crippen LogP contribution in [-0.2, 0) is 22.3 Å². The lowest BCUT2D eigenvalue weighted by atomic mass is 9.87. The molecule has 0 radical (unpaired) electrons. The molecule has 1 aliphatic rings. The molecule has 88 valence electrons. The van der Waals surface area contributed by atoms with E-state index < -0.39 is 5.79 Å². The van der Waals surface area contributed by atoms with Crippen molar-refractivity contribution in [3.63, 3.8) is 0 Å². The molecule has 0 heterocycles. The first kappa shape index (κ1) is 12.0. The molecule has 3 heteroatoms. The quantitative estimate of drug-likeness (QED) is 0.596. The van der Waals surface area contributed by atoms with Crippen molar-refractivity contribution in [1.29, 1.82) is 0 Å². The standard InChI is InChI=1S/C13H18O2S/c1-14-13(15-2)7-6-10-8-12(16-3)5-4-11(10)9-13/h4-5,8H,6-7,9H2,1-3H3. The highest BCUT2D eigenvalue weighted by Crippen LogP contribution is 2.33. The van der Waals surface area contributed by atoms with Gasteiger partial charge in [-0.05, 0) is 35.9 Å². The number of hydrogen-bond acceptors (Lipinski definition) is 3. The second-order valence-electron chi connectivity index (χ2n) is 4.13. The zero-order valence-electron chi connectivity index (χ0n) is 10.1. The summed E-state index contributed by atoms with van der Waals surface area (Å²) in [4.78, 5) is 1.33. The molecule has 1 aromatic rings. The molecule has 0 aliphatic heterocycles. The molecule has 1 aliphatic carbocycles. The van der Waals surface area contributed by atoms with Crippen LogP contribution >= 0.6 is 11.8 Å². The molecule has 16 heavy (non-hydrogen) atoms. The first-order valence-electron chi connectivity index (χ1n) is 5.49. The first-order valence-corrected chi connectivity index (χ1v) is 6.71. The van der Waals surface area contributed by atoms with Gasteiger partial charge in [0, 0.05) is 32.0 Å². The largest absolute Gasteiger partial charge is 0.353 e. The number of rotatable bonds is 3. The molecule has 0 atom stereocenters. The summed E-state index contributed by atoms with van der Waals surface area (Å²) in [6.45, 7) is 0. The molecule has 2 rings (SSSR count). The highest BCUT2D eigenvalue weighted by molar-refractivity contribution is 7.98. The fourth-order valence-corrected chi connectivity index (χ4v) is 2.73. The number of hydrogen-bond donors (Lipinski definition) is 0. The van der Waals surface area contributed by atoms with Crippen molar-refractivity contribution >= 4 is 11.8 Å². The normalized spacial score (nSPS) is 18.2. The van der Waals surface area contributed by atoms with Crippen molar-refractivity contribution in [2.45, 2.75) is 29.9 Å². The summed E-state index contributed by atoms with van der Waals surface area (Å²) in [6, 6.07) is 6.66. The number of ether oxygens (including phenoxy) is 2. The van der Waals surface area contributed by atoms with Crippen LogP contribution in [0, 0.1) is 0 Å². The average molecular weight is 238 g/mol. The van der Waals surface area contributed by atoms with Gasteiger partial charge in [-0.15, -0.1) is 11.8 Å². The van der Waals surface area contributed by atoms with Crippen LogP contribution in [0.25, 0.3) is 0 Å². The van der Waals surface area contributed by atoms with Crippen LogP contribution in [0.5, 0.6) is 0 Å². The van der Waals surface area contributed by atoms with E-state index in [0.717, 1.165) is 19.3 Å². The van der Waals surface area contributed by atoms with Gasteiger partial charge in [0.25, 0.3) is 0 Å². The van der Waals surface area contributed by atoms with E-state index in [9.17, 15) is 0 Å². The second kappa shape index (κ2) is 4.78. The van der Waals surface area contributed by atoms with Crippen LogP contribution in [0.15, 0.2) is 23.1 Å². The maximum atomic E-state index is 5.51. The lowest BCUT2D eigenvalue weighted by Crippen LogP contribution is -2.39. The molecule has 0 N–H and O–H groups in total. The Kier molecular flexibility index (Phi) is 3.57. The maximum Gasteiger partial charge on any atom is 0.171 e. The molecule has 2 nitrogen and oxygen atoms in total. The van der Waals surface area contributed by atoms with E-state index >= 15 is 0 Å². The van der Waals surface area contributed by atoms with Gasteiger partial charge in [-0.25, -0.2) is 0 Å². The molecule has 0 saturated heterocycles. The van der Waals surface area contributed by atoms with Crippen LogP contribution in [0.4, 0.5) is 0 Å². The first-order chi connectivity index (χ1) is 7.73. The Labute approximate surface area is 101 Å². The van der Waals surface area contributed by atoms with Gasteiger partial charge in [-0.3, -0.25) is 0 Å². The minimum atomic E-state index is -0.409. The third-order valence-corrected chi connectivity index (χ3v) is 4.12. The third-order valence-electron chi connectivity index (χ3n) is 3.39. The van der Waals surface area contributed by atoms with Crippen molar-refractivity contribution < 1.29 is 9.47 Å². The van der Waals surface area contributed by atoms with Gasteiger partial charge in [0.1, 0.15) is 0 Å². The van der Waals surface area contributed by atoms with E-state index in [1.54, 1.807) is 26.0 Å². The van der Waals surface area contributed by atoms with E-state index in [1.807, 2.05) is 0 Å². The number of fused-ring (bicyclic) bond motifs is 1. The molecule has 0 aromatic heterocycles. The Morgan fingerprint density at radius 2 is 1.94 bits per heavy atom. The molecule has 0 fully saturated rings. The topological polar surface area (TPSA) is 18.5 Å². The summed E-state index contributed by atoms with van der Waals surface area (Å²) >= 11 is 1.79. The van der Waals surface area contributed by atoms with Gasteiger partial charge < -0.3 is 9.47 Å². The smallest absolute Gasteiger partial charge is 0.171 e. The summed E-state index contributed by atoms with van der Waals surface area (Å²) in [6.07, 6.45) is 4.93. The minimum absolute atomic E-state index is 0.409. The summed E-state index contributed by atoms with van der Waals surface area (Å²) in [5.74, 6) is -0.409. The number of aryl methyl sites for hydroxylation is 1. The van der Waals surface area contributed by atoms with Gasteiger partial charge in [-0.1, -0.05) is 6.07 Å². The van der Waals surface area contributed by atoms with Crippen molar-refractivity contribution in [2.75, 3.05) is 20.5 Å². The highest BCUT2D eigenvalue weighted by atomic mass is 32.2.